The van der Waals surface area contributed by atoms with E-state index in [1.807, 2.05) is 17.7 Å². The van der Waals surface area contributed by atoms with Crippen LogP contribution >= 0.6 is 24.0 Å². The second-order valence-corrected chi connectivity index (χ2v) is 7.29. The molecule has 0 bridgehead atoms. The molecule has 2 N–H and O–H groups in total. The van der Waals surface area contributed by atoms with Crippen LogP contribution in [0.3, 0.4) is 0 Å². The minimum atomic E-state index is 0. The number of guanidine groups is 1. The molecule has 0 atom stereocenters. The Balaban J connectivity index is 0.00000385. The Kier molecular flexibility index (Phi) is 11.5. The van der Waals surface area contributed by atoms with Crippen LogP contribution in [0, 0.1) is 0 Å². The smallest absolute Gasteiger partial charge is 0.191 e. The van der Waals surface area contributed by atoms with Gasteiger partial charge < -0.3 is 20.1 Å². The number of rotatable bonds is 11. The highest BCUT2D eigenvalue weighted by atomic mass is 127. The van der Waals surface area contributed by atoms with Crippen molar-refractivity contribution in [2.75, 3.05) is 27.3 Å². The van der Waals surface area contributed by atoms with Crippen molar-refractivity contribution in [3.8, 4) is 11.5 Å². The van der Waals surface area contributed by atoms with Gasteiger partial charge in [-0.25, -0.2) is 9.67 Å². The monoisotopic (exact) mass is 564 g/mol. The number of benzene rings is 2. The largest absolute Gasteiger partial charge is 0.493 e. The molecule has 1 aromatic heterocycles. The number of nitrogens with one attached hydrogen (secondary N) is 2. The number of hydrogen-bond acceptors (Lipinski definition) is 5. The summed E-state index contributed by atoms with van der Waals surface area (Å²) in [6.07, 6.45) is 5.19. The summed E-state index contributed by atoms with van der Waals surface area (Å²) in [5, 5.41) is 10.9. The van der Waals surface area contributed by atoms with Crippen LogP contribution in [-0.4, -0.2) is 48.0 Å². The summed E-state index contributed by atoms with van der Waals surface area (Å²) in [5.74, 6) is 2.35. The normalized spacial score (nSPS) is 10.9. The van der Waals surface area contributed by atoms with E-state index >= 15 is 0 Å². The number of aliphatic imine (C=N–C) groups is 1. The average molecular weight is 564 g/mol. The van der Waals surface area contributed by atoms with Crippen LogP contribution in [0.4, 0.5) is 0 Å². The third-order valence-electron chi connectivity index (χ3n) is 4.95. The lowest BCUT2D eigenvalue weighted by Gasteiger charge is -2.13. The van der Waals surface area contributed by atoms with Gasteiger partial charge in [0.2, 0.25) is 0 Å². The molecule has 0 amide bonds. The van der Waals surface area contributed by atoms with Gasteiger partial charge in [-0.05, 0) is 48.6 Å². The Morgan fingerprint density at radius 1 is 1.06 bits per heavy atom. The van der Waals surface area contributed by atoms with Crippen molar-refractivity contribution in [3.05, 3.63) is 71.8 Å². The van der Waals surface area contributed by atoms with Crippen molar-refractivity contribution in [1.29, 1.82) is 0 Å². The number of hydrogen-bond donors (Lipinski definition) is 2. The zero-order chi connectivity index (χ0) is 22.6. The Bertz CT molecular complexity index is 994. The topological polar surface area (TPSA) is 85.6 Å². The van der Waals surface area contributed by atoms with E-state index in [4.69, 9.17) is 9.47 Å². The van der Waals surface area contributed by atoms with Crippen molar-refractivity contribution in [1.82, 2.24) is 25.4 Å². The molecular weight excluding hydrogens is 531 g/mol. The van der Waals surface area contributed by atoms with Crippen molar-refractivity contribution in [3.63, 3.8) is 0 Å². The summed E-state index contributed by atoms with van der Waals surface area (Å²) >= 11 is 0. The Labute approximate surface area is 212 Å². The molecule has 8 nitrogen and oxygen atoms in total. The van der Waals surface area contributed by atoms with Crippen molar-refractivity contribution in [2.24, 2.45) is 4.99 Å². The van der Waals surface area contributed by atoms with Gasteiger partial charge in [0.15, 0.2) is 17.5 Å². The molecule has 0 radical (unpaired) electrons. The van der Waals surface area contributed by atoms with Gasteiger partial charge in [-0.15, -0.1) is 24.0 Å². The summed E-state index contributed by atoms with van der Waals surface area (Å²) < 4.78 is 12.8. The molecular formula is C24H33IN6O2. The van der Waals surface area contributed by atoms with Crippen LogP contribution in [0.25, 0.3) is 0 Å². The predicted octanol–water partition coefficient (Wildman–Crippen LogP) is 3.65. The van der Waals surface area contributed by atoms with E-state index in [0.717, 1.165) is 36.8 Å². The molecule has 0 unspecified atom stereocenters. The zero-order valence-corrected chi connectivity index (χ0v) is 21.8. The van der Waals surface area contributed by atoms with Crippen molar-refractivity contribution in [2.45, 2.75) is 32.9 Å². The van der Waals surface area contributed by atoms with Crippen molar-refractivity contribution < 1.29 is 9.47 Å². The highest BCUT2D eigenvalue weighted by molar-refractivity contribution is 14.0. The van der Waals surface area contributed by atoms with Crippen LogP contribution in [0.15, 0.2) is 60.1 Å². The fourth-order valence-corrected chi connectivity index (χ4v) is 3.39. The van der Waals surface area contributed by atoms with Gasteiger partial charge in [-0.3, -0.25) is 4.99 Å². The molecule has 9 heteroatoms. The van der Waals surface area contributed by atoms with Crippen LogP contribution in [0.2, 0.25) is 0 Å². The molecule has 2 aromatic carbocycles. The third kappa shape index (κ3) is 8.56. The minimum absolute atomic E-state index is 0. The molecule has 3 rings (SSSR count). The number of methoxy groups -OCH3 is 1. The molecule has 0 aliphatic rings. The lowest BCUT2D eigenvalue weighted by Crippen LogP contribution is -2.37. The number of ether oxygens (including phenoxy) is 2. The van der Waals surface area contributed by atoms with Gasteiger partial charge in [0.25, 0.3) is 0 Å². The second kappa shape index (κ2) is 14.4. The lowest BCUT2D eigenvalue weighted by atomic mass is 10.1. The van der Waals surface area contributed by atoms with E-state index in [2.05, 4.69) is 62.1 Å². The van der Waals surface area contributed by atoms with E-state index < -0.39 is 0 Å². The summed E-state index contributed by atoms with van der Waals surface area (Å²) in [6.45, 7) is 4.81. The van der Waals surface area contributed by atoms with Gasteiger partial charge >= 0.3 is 0 Å². The first-order valence-electron chi connectivity index (χ1n) is 10.9. The van der Waals surface area contributed by atoms with Gasteiger partial charge in [-0.2, -0.15) is 5.10 Å². The van der Waals surface area contributed by atoms with Crippen LogP contribution in [0.1, 0.15) is 30.0 Å². The fourth-order valence-electron chi connectivity index (χ4n) is 3.39. The maximum Gasteiger partial charge on any atom is 0.191 e. The minimum Gasteiger partial charge on any atom is -0.493 e. The number of halogens is 1. The molecule has 178 valence electrons. The first-order chi connectivity index (χ1) is 15.7. The lowest BCUT2D eigenvalue weighted by molar-refractivity contribution is 0.310. The zero-order valence-electron chi connectivity index (χ0n) is 19.5. The molecule has 3 aromatic rings. The van der Waals surface area contributed by atoms with E-state index in [1.54, 1.807) is 26.8 Å². The molecule has 0 aliphatic carbocycles. The van der Waals surface area contributed by atoms with Crippen molar-refractivity contribution >= 4 is 29.9 Å². The SMILES string of the molecule is CCOc1cc(CCCNC(=NC)NCc2cccc(Cn3cncn3)c2)ccc1OC.I. The summed E-state index contributed by atoms with van der Waals surface area (Å²) in [7, 11) is 3.45. The van der Waals surface area contributed by atoms with Gasteiger partial charge in [0, 0.05) is 20.1 Å². The van der Waals surface area contributed by atoms with Gasteiger partial charge in [-0.1, -0.05) is 30.3 Å². The summed E-state index contributed by atoms with van der Waals surface area (Å²) in [5.41, 5.74) is 3.60. The molecule has 0 spiro atoms. The van der Waals surface area contributed by atoms with E-state index in [9.17, 15) is 0 Å². The Morgan fingerprint density at radius 2 is 1.91 bits per heavy atom. The molecule has 0 saturated carbocycles. The molecule has 0 saturated heterocycles. The van der Waals surface area contributed by atoms with E-state index in [1.165, 1.54) is 16.7 Å². The van der Waals surface area contributed by atoms with E-state index in [0.29, 0.717) is 19.7 Å². The summed E-state index contributed by atoms with van der Waals surface area (Å²) in [6, 6.07) is 14.5. The number of aromatic nitrogens is 3. The highest BCUT2D eigenvalue weighted by Gasteiger charge is 2.06. The second-order valence-electron chi connectivity index (χ2n) is 7.29. The average Bonchev–Trinajstić information content (AvgIpc) is 3.32. The maximum absolute atomic E-state index is 5.66. The Hall–Kier alpha value is -2.82. The summed E-state index contributed by atoms with van der Waals surface area (Å²) in [4.78, 5) is 8.32. The molecule has 0 fully saturated rings. The van der Waals surface area contributed by atoms with Crippen LogP contribution in [0.5, 0.6) is 11.5 Å². The van der Waals surface area contributed by atoms with Crippen LogP contribution in [-0.2, 0) is 19.5 Å². The number of nitrogens with zero attached hydrogens (tertiary/aromatic N) is 4. The molecule has 1 heterocycles. The fraction of sp³-hybridized carbons (Fsp3) is 0.375. The van der Waals surface area contributed by atoms with E-state index in [-0.39, 0.29) is 24.0 Å². The number of aryl methyl sites for hydroxylation is 1. The van der Waals surface area contributed by atoms with Gasteiger partial charge in [0.1, 0.15) is 12.7 Å². The molecule has 33 heavy (non-hydrogen) atoms. The first-order valence-corrected chi connectivity index (χ1v) is 10.9. The predicted molar refractivity (Wildman–Crippen MR) is 142 cm³/mol. The highest BCUT2D eigenvalue weighted by Crippen LogP contribution is 2.28. The maximum atomic E-state index is 5.66. The molecule has 0 aliphatic heterocycles. The third-order valence-corrected chi connectivity index (χ3v) is 4.95. The quantitative estimate of drug-likeness (QED) is 0.160. The standard InChI is InChI=1S/C24H32N6O2.HI/c1-4-32-23-14-19(10-11-22(23)31-3)9-6-12-27-24(25-2)28-15-20-7-5-8-21(13-20)16-30-18-26-17-29-30;/h5,7-8,10-11,13-14,17-18H,4,6,9,12,15-16H2,1-3H3,(H2,25,27,28);1H. The first kappa shape index (κ1) is 26.4. The Morgan fingerprint density at radius 3 is 2.64 bits per heavy atom. The van der Waals surface area contributed by atoms with Crippen LogP contribution < -0.4 is 20.1 Å². The van der Waals surface area contributed by atoms with Gasteiger partial charge in [0.05, 0.1) is 20.3 Å².